The van der Waals surface area contributed by atoms with Gasteiger partial charge in [-0.2, -0.15) is 0 Å². The summed E-state index contributed by atoms with van der Waals surface area (Å²) in [7, 11) is 2.15. The number of thiazole rings is 1. The Morgan fingerprint density at radius 2 is 2.20 bits per heavy atom. The van der Waals surface area contributed by atoms with Gasteiger partial charge in [-0.05, 0) is 25.2 Å². The Morgan fingerprint density at radius 3 is 2.80 bits per heavy atom. The number of anilines is 1. The van der Waals surface area contributed by atoms with Crippen LogP contribution in [-0.2, 0) is 11.3 Å². The van der Waals surface area contributed by atoms with E-state index in [2.05, 4.69) is 31.1 Å². The molecule has 2 heterocycles. The fourth-order valence-electron chi connectivity index (χ4n) is 2.59. The minimum atomic E-state index is 0.490. The van der Waals surface area contributed by atoms with Gasteiger partial charge in [0.2, 0.25) is 0 Å². The molecule has 0 amide bonds. The average molecular weight is 295 g/mol. The maximum Gasteiger partial charge on any atom is 0.185 e. The van der Waals surface area contributed by atoms with Crippen molar-refractivity contribution in [2.45, 2.75) is 57.7 Å². The lowest BCUT2D eigenvalue weighted by atomic mass is 10.1. The highest BCUT2D eigenvalue weighted by Crippen LogP contribution is 2.33. The number of nitrogens with zero attached hydrogens (tertiary/aromatic N) is 2. The van der Waals surface area contributed by atoms with E-state index in [0.29, 0.717) is 12.0 Å². The molecule has 5 heteroatoms. The van der Waals surface area contributed by atoms with Gasteiger partial charge in [0, 0.05) is 31.1 Å². The van der Waals surface area contributed by atoms with Crippen LogP contribution in [0.3, 0.4) is 0 Å². The van der Waals surface area contributed by atoms with E-state index >= 15 is 0 Å². The van der Waals surface area contributed by atoms with E-state index in [0.717, 1.165) is 37.4 Å². The van der Waals surface area contributed by atoms with E-state index in [1.165, 1.54) is 23.4 Å². The molecule has 1 aromatic heterocycles. The molecule has 1 saturated heterocycles. The van der Waals surface area contributed by atoms with Gasteiger partial charge in [-0.3, -0.25) is 0 Å². The molecular formula is C15H25N3OS. The van der Waals surface area contributed by atoms with Gasteiger partial charge < -0.3 is 15.0 Å². The predicted molar refractivity (Wildman–Crippen MR) is 83.7 cm³/mol. The molecule has 1 atom stereocenters. The minimum Gasteiger partial charge on any atom is -0.379 e. The highest BCUT2D eigenvalue weighted by atomic mass is 32.1. The van der Waals surface area contributed by atoms with Crippen LogP contribution in [0.4, 0.5) is 5.13 Å². The van der Waals surface area contributed by atoms with Crippen LogP contribution >= 0.6 is 11.3 Å². The molecule has 0 aromatic carbocycles. The largest absolute Gasteiger partial charge is 0.379 e. The molecule has 0 radical (unpaired) electrons. The highest BCUT2D eigenvalue weighted by molar-refractivity contribution is 7.15. The number of hydrogen-bond donors (Lipinski definition) is 1. The molecule has 1 aliphatic heterocycles. The van der Waals surface area contributed by atoms with Crippen LogP contribution < -0.4 is 10.2 Å². The van der Waals surface area contributed by atoms with Crippen molar-refractivity contribution in [3.05, 3.63) is 10.6 Å². The number of likely N-dealkylation sites (N-methyl/N-ethyl adjacent to an activating group) is 1. The summed E-state index contributed by atoms with van der Waals surface area (Å²) in [6, 6.07) is 1.24. The summed E-state index contributed by atoms with van der Waals surface area (Å²) < 4.78 is 5.49. The second-order valence-corrected chi connectivity index (χ2v) is 7.31. The van der Waals surface area contributed by atoms with Gasteiger partial charge in [0.1, 0.15) is 0 Å². The Bertz CT molecular complexity index is 450. The fraction of sp³-hybridized carbons (Fsp3) is 0.800. The lowest BCUT2D eigenvalue weighted by molar-refractivity contribution is 0.193. The van der Waals surface area contributed by atoms with E-state index in [-0.39, 0.29) is 0 Å². The van der Waals surface area contributed by atoms with Crippen molar-refractivity contribution in [3.63, 3.8) is 0 Å². The molecule has 0 spiro atoms. The first-order valence-electron chi connectivity index (χ1n) is 7.68. The quantitative estimate of drug-likeness (QED) is 0.875. The minimum absolute atomic E-state index is 0.490. The first kappa shape index (κ1) is 14.3. The van der Waals surface area contributed by atoms with E-state index < -0.39 is 0 Å². The van der Waals surface area contributed by atoms with Crippen LogP contribution in [-0.4, -0.2) is 37.3 Å². The Labute approximate surface area is 125 Å². The second-order valence-electron chi connectivity index (χ2n) is 6.24. The predicted octanol–water partition coefficient (Wildman–Crippen LogP) is 2.74. The first-order valence-corrected chi connectivity index (χ1v) is 8.50. The maximum absolute atomic E-state index is 5.49. The smallest absolute Gasteiger partial charge is 0.185 e. The van der Waals surface area contributed by atoms with E-state index in [4.69, 9.17) is 9.72 Å². The Hall–Kier alpha value is -0.650. The van der Waals surface area contributed by atoms with Crippen molar-refractivity contribution in [3.8, 4) is 0 Å². The van der Waals surface area contributed by atoms with Crippen molar-refractivity contribution in [2.75, 3.05) is 25.2 Å². The molecule has 112 valence electrons. The van der Waals surface area contributed by atoms with Crippen molar-refractivity contribution < 1.29 is 4.74 Å². The number of ether oxygens (including phenoxy) is 1. The molecule has 1 aliphatic carbocycles. The molecule has 1 saturated carbocycles. The molecule has 1 unspecified atom stereocenters. The Morgan fingerprint density at radius 1 is 1.40 bits per heavy atom. The van der Waals surface area contributed by atoms with Crippen LogP contribution in [0.25, 0.3) is 0 Å². The summed E-state index contributed by atoms with van der Waals surface area (Å²) in [4.78, 5) is 8.62. The number of nitrogens with one attached hydrogen (secondary N) is 1. The van der Waals surface area contributed by atoms with Gasteiger partial charge in [0.25, 0.3) is 0 Å². The van der Waals surface area contributed by atoms with Crippen LogP contribution in [0.2, 0.25) is 0 Å². The lowest BCUT2D eigenvalue weighted by Gasteiger charge is -2.22. The number of hydrogen-bond acceptors (Lipinski definition) is 5. The van der Waals surface area contributed by atoms with Crippen LogP contribution in [0, 0.1) is 0 Å². The van der Waals surface area contributed by atoms with Crippen molar-refractivity contribution >= 4 is 16.5 Å². The van der Waals surface area contributed by atoms with Gasteiger partial charge in [-0.1, -0.05) is 13.8 Å². The summed E-state index contributed by atoms with van der Waals surface area (Å²) in [5.74, 6) is 0.490. The summed E-state index contributed by atoms with van der Waals surface area (Å²) in [5.41, 5.74) is 1.27. The molecular weight excluding hydrogens is 270 g/mol. The molecule has 2 fully saturated rings. The monoisotopic (exact) mass is 295 g/mol. The van der Waals surface area contributed by atoms with Gasteiger partial charge >= 0.3 is 0 Å². The zero-order chi connectivity index (χ0) is 14.1. The summed E-state index contributed by atoms with van der Waals surface area (Å²) in [6.07, 6.45) is 3.78. The van der Waals surface area contributed by atoms with Crippen molar-refractivity contribution in [1.29, 1.82) is 0 Å². The third-order valence-electron chi connectivity index (χ3n) is 4.15. The SMILES string of the molecule is CC(C)c1nc(N(C)C2CCOC2)sc1CNC1CC1. The fourth-order valence-corrected chi connectivity index (χ4v) is 3.79. The molecule has 0 bridgehead atoms. The second kappa shape index (κ2) is 6.00. The van der Waals surface area contributed by atoms with Crippen molar-refractivity contribution in [2.24, 2.45) is 0 Å². The molecule has 1 aromatic rings. The van der Waals surface area contributed by atoms with Gasteiger partial charge in [-0.25, -0.2) is 4.98 Å². The zero-order valence-electron chi connectivity index (χ0n) is 12.7. The lowest BCUT2D eigenvalue weighted by Crippen LogP contribution is -2.31. The third-order valence-corrected chi connectivity index (χ3v) is 5.31. The van der Waals surface area contributed by atoms with Gasteiger partial charge in [0.15, 0.2) is 5.13 Å². The molecule has 1 N–H and O–H groups in total. The number of rotatable bonds is 6. The molecule has 20 heavy (non-hydrogen) atoms. The first-order chi connectivity index (χ1) is 9.65. The summed E-state index contributed by atoms with van der Waals surface area (Å²) >= 11 is 1.85. The van der Waals surface area contributed by atoms with Crippen LogP contribution in [0.5, 0.6) is 0 Å². The normalized spacial score (nSPS) is 22.7. The van der Waals surface area contributed by atoms with Crippen molar-refractivity contribution in [1.82, 2.24) is 10.3 Å². The summed E-state index contributed by atoms with van der Waals surface area (Å²) in [5, 5.41) is 4.77. The van der Waals surface area contributed by atoms with E-state index in [1.807, 2.05) is 11.3 Å². The molecule has 3 rings (SSSR count). The summed E-state index contributed by atoms with van der Waals surface area (Å²) in [6.45, 7) is 7.16. The maximum atomic E-state index is 5.49. The van der Waals surface area contributed by atoms with E-state index in [9.17, 15) is 0 Å². The molecule has 4 nitrogen and oxygen atoms in total. The topological polar surface area (TPSA) is 37.4 Å². The zero-order valence-corrected chi connectivity index (χ0v) is 13.5. The van der Waals surface area contributed by atoms with Gasteiger partial charge in [-0.15, -0.1) is 11.3 Å². The highest BCUT2D eigenvalue weighted by Gasteiger charge is 2.26. The van der Waals surface area contributed by atoms with E-state index in [1.54, 1.807) is 0 Å². The molecule has 2 aliphatic rings. The van der Waals surface area contributed by atoms with Crippen LogP contribution in [0.1, 0.15) is 49.6 Å². The average Bonchev–Trinajstić information content (AvgIpc) is 2.95. The Balaban J connectivity index is 1.74. The number of aromatic nitrogens is 1. The Kier molecular flexibility index (Phi) is 4.29. The van der Waals surface area contributed by atoms with Gasteiger partial charge in [0.05, 0.1) is 18.3 Å². The third kappa shape index (κ3) is 3.15. The van der Waals surface area contributed by atoms with Crippen LogP contribution in [0.15, 0.2) is 0 Å². The standard InChI is InChI=1S/C15H25N3OS/c1-10(2)14-13(8-16-11-4-5-11)20-15(17-14)18(3)12-6-7-19-9-12/h10-12,16H,4-9H2,1-3H3.